The highest BCUT2D eigenvalue weighted by molar-refractivity contribution is 7.99. The molecule has 1 aromatic heterocycles. The molecule has 0 atom stereocenters. The average molecular weight is 313 g/mol. The second-order valence-corrected chi connectivity index (χ2v) is 5.10. The molecule has 0 bridgehead atoms. The van der Waals surface area contributed by atoms with Crippen LogP contribution in [0.2, 0.25) is 0 Å². The predicted octanol–water partition coefficient (Wildman–Crippen LogP) is 1.28. The van der Waals surface area contributed by atoms with Crippen LogP contribution in [0.15, 0.2) is 23.4 Å². The van der Waals surface area contributed by atoms with Crippen molar-refractivity contribution in [2.75, 3.05) is 11.1 Å². The number of benzene rings is 1. The smallest absolute Gasteiger partial charge is 0.234 e. The van der Waals surface area contributed by atoms with E-state index in [-0.39, 0.29) is 18.0 Å². The molecule has 0 saturated carbocycles. The van der Waals surface area contributed by atoms with Crippen LogP contribution in [0.3, 0.4) is 0 Å². The van der Waals surface area contributed by atoms with E-state index in [0.29, 0.717) is 11.0 Å². The van der Waals surface area contributed by atoms with Gasteiger partial charge in [0, 0.05) is 18.8 Å². The first-order chi connectivity index (χ1) is 9.99. The SMILES string of the molecule is Cn1c(CN)nnc1SCC(=O)Nc1cc(F)cc(F)c1. The first-order valence-electron chi connectivity index (χ1n) is 5.96. The number of carbonyl (C=O) groups excluding carboxylic acids is 1. The van der Waals surface area contributed by atoms with Crippen LogP contribution in [0, 0.1) is 11.6 Å². The molecule has 1 aromatic carbocycles. The fraction of sp³-hybridized carbons (Fsp3) is 0.250. The van der Waals surface area contributed by atoms with Crippen molar-refractivity contribution in [2.45, 2.75) is 11.7 Å². The first kappa shape index (κ1) is 15.4. The van der Waals surface area contributed by atoms with Crippen LogP contribution in [0.1, 0.15) is 5.82 Å². The Hall–Kier alpha value is -2.00. The van der Waals surface area contributed by atoms with Gasteiger partial charge in [-0.05, 0) is 12.1 Å². The molecule has 0 aliphatic rings. The van der Waals surface area contributed by atoms with E-state index in [1.165, 1.54) is 0 Å². The minimum absolute atomic E-state index is 0.0364. The Morgan fingerprint density at radius 3 is 2.57 bits per heavy atom. The molecule has 112 valence electrons. The van der Waals surface area contributed by atoms with Crippen LogP contribution < -0.4 is 11.1 Å². The third-order valence-corrected chi connectivity index (χ3v) is 3.61. The molecule has 0 spiro atoms. The summed E-state index contributed by atoms with van der Waals surface area (Å²) >= 11 is 1.15. The van der Waals surface area contributed by atoms with Crippen molar-refractivity contribution >= 4 is 23.4 Å². The van der Waals surface area contributed by atoms with E-state index >= 15 is 0 Å². The summed E-state index contributed by atoms with van der Waals surface area (Å²) in [4.78, 5) is 11.7. The first-order valence-corrected chi connectivity index (χ1v) is 6.95. The predicted molar refractivity (Wildman–Crippen MR) is 74.6 cm³/mol. The molecule has 2 aromatic rings. The van der Waals surface area contributed by atoms with Gasteiger partial charge in [0.1, 0.15) is 17.5 Å². The van der Waals surface area contributed by atoms with Crippen molar-refractivity contribution in [1.82, 2.24) is 14.8 Å². The Kier molecular flexibility index (Phi) is 4.86. The number of aromatic nitrogens is 3. The zero-order chi connectivity index (χ0) is 15.4. The maximum absolute atomic E-state index is 13.0. The lowest BCUT2D eigenvalue weighted by Gasteiger charge is -2.05. The third-order valence-electron chi connectivity index (χ3n) is 2.59. The lowest BCUT2D eigenvalue weighted by atomic mass is 10.3. The van der Waals surface area contributed by atoms with Crippen LogP contribution in [0.5, 0.6) is 0 Å². The fourth-order valence-electron chi connectivity index (χ4n) is 1.60. The molecule has 0 aliphatic carbocycles. The van der Waals surface area contributed by atoms with Gasteiger partial charge in [0.15, 0.2) is 5.16 Å². The number of carbonyl (C=O) groups is 1. The number of anilines is 1. The van der Waals surface area contributed by atoms with Gasteiger partial charge in [-0.15, -0.1) is 10.2 Å². The lowest BCUT2D eigenvalue weighted by molar-refractivity contribution is -0.113. The van der Waals surface area contributed by atoms with Gasteiger partial charge in [-0.25, -0.2) is 8.78 Å². The molecular weight excluding hydrogens is 300 g/mol. The molecule has 6 nitrogen and oxygen atoms in total. The van der Waals surface area contributed by atoms with Crippen molar-refractivity contribution in [1.29, 1.82) is 0 Å². The largest absolute Gasteiger partial charge is 0.325 e. The van der Waals surface area contributed by atoms with E-state index in [2.05, 4.69) is 15.5 Å². The number of nitrogens with two attached hydrogens (primary N) is 1. The van der Waals surface area contributed by atoms with Gasteiger partial charge in [0.25, 0.3) is 0 Å². The van der Waals surface area contributed by atoms with Crippen LogP contribution in [0.25, 0.3) is 0 Å². The van der Waals surface area contributed by atoms with Crippen molar-refractivity contribution in [3.05, 3.63) is 35.7 Å². The highest BCUT2D eigenvalue weighted by Crippen LogP contribution is 2.17. The minimum Gasteiger partial charge on any atom is -0.325 e. The van der Waals surface area contributed by atoms with Gasteiger partial charge < -0.3 is 15.6 Å². The number of amides is 1. The summed E-state index contributed by atoms with van der Waals surface area (Å²) in [5.74, 6) is -1.26. The van der Waals surface area contributed by atoms with Crippen molar-refractivity contribution in [3.8, 4) is 0 Å². The standard InChI is InChI=1S/C12H13F2N5OS/c1-19-10(5-15)17-18-12(19)21-6-11(20)16-9-3-7(13)2-8(14)4-9/h2-4H,5-6,15H2,1H3,(H,16,20). The van der Waals surface area contributed by atoms with Gasteiger partial charge >= 0.3 is 0 Å². The average Bonchev–Trinajstić information content (AvgIpc) is 2.75. The normalized spacial score (nSPS) is 10.7. The number of rotatable bonds is 5. The summed E-state index contributed by atoms with van der Waals surface area (Å²) < 4.78 is 27.7. The molecule has 0 saturated heterocycles. The number of halogens is 2. The van der Waals surface area contributed by atoms with Crippen LogP contribution in [-0.2, 0) is 18.4 Å². The van der Waals surface area contributed by atoms with E-state index in [1.807, 2.05) is 0 Å². The summed E-state index contributed by atoms with van der Waals surface area (Å²) in [6, 6.07) is 2.82. The van der Waals surface area contributed by atoms with Gasteiger partial charge in [0.2, 0.25) is 5.91 Å². The summed E-state index contributed by atoms with van der Waals surface area (Å²) in [5, 5.41) is 10.7. The minimum atomic E-state index is -0.751. The number of hydrogen-bond acceptors (Lipinski definition) is 5. The van der Waals surface area contributed by atoms with E-state index in [4.69, 9.17) is 5.73 Å². The monoisotopic (exact) mass is 313 g/mol. The fourth-order valence-corrected chi connectivity index (χ4v) is 2.33. The van der Waals surface area contributed by atoms with Crippen LogP contribution >= 0.6 is 11.8 Å². The van der Waals surface area contributed by atoms with Gasteiger partial charge in [-0.3, -0.25) is 4.79 Å². The summed E-state index contributed by atoms with van der Waals surface area (Å²) in [7, 11) is 1.74. The van der Waals surface area contributed by atoms with Crippen molar-refractivity contribution in [2.24, 2.45) is 12.8 Å². The second-order valence-electron chi connectivity index (χ2n) is 4.16. The number of hydrogen-bond donors (Lipinski definition) is 2. The summed E-state index contributed by atoms with van der Waals surface area (Å²) in [6.45, 7) is 0.249. The summed E-state index contributed by atoms with van der Waals surface area (Å²) in [5.41, 5.74) is 5.54. The summed E-state index contributed by atoms with van der Waals surface area (Å²) in [6.07, 6.45) is 0. The molecule has 0 radical (unpaired) electrons. The molecule has 1 heterocycles. The van der Waals surface area contributed by atoms with E-state index in [0.717, 1.165) is 30.0 Å². The topological polar surface area (TPSA) is 85.8 Å². The highest BCUT2D eigenvalue weighted by atomic mass is 32.2. The molecule has 0 aliphatic heterocycles. The molecule has 0 unspecified atom stereocenters. The Bertz CT molecular complexity index is 641. The van der Waals surface area contributed by atoms with Crippen molar-refractivity contribution in [3.63, 3.8) is 0 Å². The third kappa shape index (κ3) is 3.99. The zero-order valence-electron chi connectivity index (χ0n) is 11.1. The molecule has 1 amide bonds. The number of nitrogens with one attached hydrogen (secondary N) is 1. The molecular formula is C12H13F2N5OS. The zero-order valence-corrected chi connectivity index (χ0v) is 12.0. The number of thioether (sulfide) groups is 1. The van der Waals surface area contributed by atoms with Gasteiger partial charge in [0.05, 0.1) is 12.3 Å². The Balaban J connectivity index is 1.94. The van der Waals surface area contributed by atoms with E-state index in [9.17, 15) is 13.6 Å². The van der Waals surface area contributed by atoms with Crippen LogP contribution in [0.4, 0.5) is 14.5 Å². The molecule has 0 fully saturated rings. The number of nitrogens with zero attached hydrogens (tertiary/aromatic N) is 3. The van der Waals surface area contributed by atoms with E-state index in [1.54, 1.807) is 11.6 Å². The molecule has 2 rings (SSSR count). The molecule has 3 N–H and O–H groups in total. The Labute approximate surface area is 123 Å². The quantitative estimate of drug-likeness (QED) is 0.812. The molecule has 9 heteroatoms. The van der Waals surface area contributed by atoms with Crippen LogP contribution in [-0.4, -0.2) is 26.4 Å². The molecule has 21 heavy (non-hydrogen) atoms. The van der Waals surface area contributed by atoms with Gasteiger partial charge in [-0.1, -0.05) is 11.8 Å². The highest BCUT2D eigenvalue weighted by Gasteiger charge is 2.11. The van der Waals surface area contributed by atoms with Gasteiger partial charge in [-0.2, -0.15) is 0 Å². The van der Waals surface area contributed by atoms with E-state index < -0.39 is 17.5 Å². The Morgan fingerprint density at radius 1 is 1.33 bits per heavy atom. The van der Waals surface area contributed by atoms with Crippen molar-refractivity contribution < 1.29 is 13.6 Å². The second kappa shape index (κ2) is 6.64. The maximum atomic E-state index is 13.0. The Morgan fingerprint density at radius 2 is 2.00 bits per heavy atom. The maximum Gasteiger partial charge on any atom is 0.234 e. The lowest BCUT2D eigenvalue weighted by Crippen LogP contribution is -2.15.